The highest BCUT2D eigenvalue weighted by Crippen LogP contribution is 2.11. The van der Waals surface area contributed by atoms with E-state index in [1.807, 2.05) is 4.90 Å². The third-order valence-electron chi connectivity index (χ3n) is 2.94. The van der Waals surface area contributed by atoms with Crippen LogP contribution in [0.4, 0.5) is 4.79 Å². The highest BCUT2D eigenvalue weighted by atomic mass is 16.5. The minimum Gasteiger partial charge on any atom is -0.461 e. The first kappa shape index (κ1) is 12.6. The van der Waals surface area contributed by atoms with Gasteiger partial charge in [0.05, 0.1) is 19.9 Å². The molecular weight excluding hydrogens is 236 g/mol. The predicted molar refractivity (Wildman–Crippen MR) is 63.4 cm³/mol. The SMILES string of the molecule is COC(=O)NC1CCN(CC(=O)c2ccco2)C1. The first-order valence-corrected chi connectivity index (χ1v) is 5.82. The van der Waals surface area contributed by atoms with Crippen LogP contribution in [0.25, 0.3) is 0 Å². The summed E-state index contributed by atoms with van der Waals surface area (Å²) >= 11 is 0. The van der Waals surface area contributed by atoms with Gasteiger partial charge < -0.3 is 14.5 Å². The smallest absolute Gasteiger partial charge is 0.407 e. The molecule has 1 unspecified atom stereocenters. The number of rotatable bonds is 4. The molecule has 1 N–H and O–H groups in total. The minimum absolute atomic E-state index is 0.0429. The van der Waals surface area contributed by atoms with Crippen molar-refractivity contribution < 1.29 is 18.7 Å². The van der Waals surface area contributed by atoms with Crippen molar-refractivity contribution in [3.8, 4) is 0 Å². The first-order chi connectivity index (χ1) is 8.69. The Kier molecular flexibility index (Phi) is 3.99. The van der Waals surface area contributed by atoms with Gasteiger partial charge in [0, 0.05) is 19.1 Å². The lowest BCUT2D eigenvalue weighted by Crippen LogP contribution is -2.37. The number of nitrogens with one attached hydrogen (secondary N) is 1. The van der Waals surface area contributed by atoms with E-state index in [-0.39, 0.29) is 11.8 Å². The number of nitrogens with zero attached hydrogens (tertiary/aromatic N) is 1. The van der Waals surface area contributed by atoms with Crippen LogP contribution in [0, 0.1) is 0 Å². The lowest BCUT2D eigenvalue weighted by atomic mass is 10.3. The molecule has 2 heterocycles. The van der Waals surface area contributed by atoms with Crippen molar-refractivity contribution in [1.29, 1.82) is 0 Å². The van der Waals surface area contributed by atoms with Crippen molar-refractivity contribution in [2.45, 2.75) is 12.5 Å². The van der Waals surface area contributed by atoms with E-state index < -0.39 is 6.09 Å². The van der Waals surface area contributed by atoms with Crippen molar-refractivity contribution in [2.24, 2.45) is 0 Å². The number of carbonyl (C=O) groups is 2. The number of amides is 1. The fourth-order valence-electron chi connectivity index (χ4n) is 2.04. The predicted octanol–water partition coefficient (Wildman–Crippen LogP) is 0.893. The molecule has 0 saturated carbocycles. The minimum atomic E-state index is -0.431. The summed E-state index contributed by atoms with van der Waals surface area (Å²) in [7, 11) is 1.34. The third-order valence-corrected chi connectivity index (χ3v) is 2.94. The Morgan fingerprint density at radius 2 is 2.44 bits per heavy atom. The average molecular weight is 252 g/mol. The summed E-state index contributed by atoms with van der Waals surface area (Å²) in [6.07, 6.45) is 1.87. The topological polar surface area (TPSA) is 71.8 Å². The van der Waals surface area contributed by atoms with Crippen LogP contribution < -0.4 is 5.32 Å². The van der Waals surface area contributed by atoms with Gasteiger partial charge in [-0.2, -0.15) is 0 Å². The van der Waals surface area contributed by atoms with E-state index in [1.54, 1.807) is 12.1 Å². The first-order valence-electron chi connectivity index (χ1n) is 5.82. The molecule has 1 aromatic heterocycles. The van der Waals surface area contributed by atoms with Crippen LogP contribution >= 0.6 is 0 Å². The van der Waals surface area contributed by atoms with Crippen LogP contribution in [0.3, 0.4) is 0 Å². The summed E-state index contributed by atoms with van der Waals surface area (Å²) in [5.74, 6) is 0.332. The van der Waals surface area contributed by atoms with Crippen molar-refractivity contribution in [3.63, 3.8) is 0 Å². The second-order valence-corrected chi connectivity index (χ2v) is 4.26. The maximum Gasteiger partial charge on any atom is 0.407 e. The summed E-state index contributed by atoms with van der Waals surface area (Å²) in [6.45, 7) is 1.75. The molecule has 98 valence electrons. The molecular formula is C12H16N2O4. The maximum atomic E-state index is 11.8. The molecule has 18 heavy (non-hydrogen) atoms. The number of ether oxygens (including phenoxy) is 1. The number of ketones is 1. The number of likely N-dealkylation sites (tertiary alicyclic amines) is 1. The van der Waals surface area contributed by atoms with E-state index >= 15 is 0 Å². The van der Waals surface area contributed by atoms with Gasteiger partial charge in [-0.3, -0.25) is 9.69 Å². The molecule has 0 spiro atoms. The fourth-order valence-corrected chi connectivity index (χ4v) is 2.04. The van der Waals surface area contributed by atoms with Gasteiger partial charge in [-0.1, -0.05) is 0 Å². The monoisotopic (exact) mass is 252 g/mol. The molecule has 1 aliphatic rings. The van der Waals surface area contributed by atoms with Gasteiger partial charge in [0.25, 0.3) is 0 Å². The lowest BCUT2D eigenvalue weighted by molar-refractivity contribution is 0.0917. The Morgan fingerprint density at radius 3 is 3.11 bits per heavy atom. The van der Waals surface area contributed by atoms with E-state index in [4.69, 9.17) is 4.42 Å². The van der Waals surface area contributed by atoms with Crippen molar-refractivity contribution in [3.05, 3.63) is 24.2 Å². The van der Waals surface area contributed by atoms with Crippen LogP contribution in [0.15, 0.2) is 22.8 Å². The Hall–Kier alpha value is -1.82. The maximum absolute atomic E-state index is 11.8. The molecule has 6 nitrogen and oxygen atoms in total. The zero-order valence-electron chi connectivity index (χ0n) is 10.2. The van der Waals surface area contributed by atoms with Crippen LogP contribution in [0.1, 0.15) is 17.0 Å². The number of hydrogen-bond donors (Lipinski definition) is 1. The molecule has 0 radical (unpaired) electrons. The summed E-state index contributed by atoms with van der Waals surface area (Å²) in [6, 6.07) is 3.39. The molecule has 1 atom stereocenters. The molecule has 2 rings (SSSR count). The number of methoxy groups -OCH3 is 1. The van der Waals surface area contributed by atoms with Gasteiger partial charge in [-0.15, -0.1) is 0 Å². The van der Waals surface area contributed by atoms with E-state index in [0.29, 0.717) is 18.8 Å². The summed E-state index contributed by atoms with van der Waals surface area (Å²) in [5, 5.41) is 2.73. The number of furan rings is 1. The van der Waals surface area contributed by atoms with E-state index in [9.17, 15) is 9.59 Å². The molecule has 1 amide bonds. The van der Waals surface area contributed by atoms with Crippen molar-refractivity contribution in [2.75, 3.05) is 26.7 Å². The zero-order valence-corrected chi connectivity index (χ0v) is 10.2. The average Bonchev–Trinajstić information content (AvgIpc) is 3.00. The molecule has 6 heteroatoms. The van der Waals surface area contributed by atoms with Gasteiger partial charge in [0.2, 0.25) is 5.78 Å². The van der Waals surface area contributed by atoms with Crippen LogP contribution in [0.5, 0.6) is 0 Å². The second-order valence-electron chi connectivity index (χ2n) is 4.26. The highest BCUT2D eigenvalue weighted by Gasteiger charge is 2.26. The largest absolute Gasteiger partial charge is 0.461 e. The lowest BCUT2D eigenvalue weighted by Gasteiger charge is -2.14. The highest BCUT2D eigenvalue weighted by molar-refractivity contribution is 5.95. The van der Waals surface area contributed by atoms with E-state index in [2.05, 4.69) is 10.1 Å². The third kappa shape index (κ3) is 3.10. The molecule has 0 aromatic carbocycles. The normalized spacial score (nSPS) is 19.7. The molecule has 1 aliphatic heterocycles. The molecule has 0 bridgehead atoms. The summed E-state index contributed by atoms with van der Waals surface area (Å²) < 4.78 is 9.59. The van der Waals surface area contributed by atoms with Crippen LogP contribution in [0.2, 0.25) is 0 Å². The quantitative estimate of drug-likeness (QED) is 0.806. The van der Waals surface area contributed by atoms with Crippen LogP contribution in [-0.2, 0) is 4.74 Å². The number of Topliss-reactive ketones (excluding diaryl/α,β-unsaturated/α-hetero) is 1. The van der Waals surface area contributed by atoms with Gasteiger partial charge in [0.15, 0.2) is 5.76 Å². The van der Waals surface area contributed by atoms with Gasteiger partial charge in [-0.25, -0.2) is 4.79 Å². The summed E-state index contributed by atoms with van der Waals surface area (Å²) in [4.78, 5) is 24.8. The van der Waals surface area contributed by atoms with Gasteiger partial charge >= 0.3 is 6.09 Å². The van der Waals surface area contributed by atoms with E-state index in [1.165, 1.54) is 13.4 Å². The zero-order chi connectivity index (χ0) is 13.0. The van der Waals surface area contributed by atoms with Crippen molar-refractivity contribution in [1.82, 2.24) is 10.2 Å². The molecule has 1 aromatic rings. The van der Waals surface area contributed by atoms with E-state index in [0.717, 1.165) is 13.0 Å². The Morgan fingerprint density at radius 1 is 1.61 bits per heavy atom. The number of alkyl carbamates (subject to hydrolysis) is 1. The summed E-state index contributed by atoms with van der Waals surface area (Å²) in [5.41, 5.74) is 0. The second kappa shape index (κ2) is 5.68. The molecule has 1 fully saturated rings. The standard InChI is InChI=1S/C12H16N2O4/c1-17-12(16)13-9-4-5-14(7-9)8-10(15)11-3-2-6-18-11/h2-3,6,9H,4-5,7-8H2,1H3,(H,13,16). The van der Waals surface area contributed by atoms with Gasteiger partial charge in [0.1, 0.15) is 0 Å². The number of hydrogen-bond acceptors (Lipinski definition) is 5. The fraction of sp³-hybridized carbons (Fsp3) is 0.500. The Labute approximate surface area is 105 Å². The Balaban J connectivity index is 1.79. The Bertz CT molecular complexity index is 416. The molecule has 1 saturated heterocycles. The van der Waals surface area contributed by atoms with Crippen LogP contribution in [-0.4, -0.2) is 49.6 Å². The molecule has 0 aliphatic carbocycles. The van der Waals surface area contributed by atoms with Gasteiger partial charge in [-0.05, 0) is 18.6 Å². The number of carbonyl (C=O) groups excluding carboxylic acids is 2. The van der Waals surface area contributed by atoms with Crippen molar-refractivity contribution >= 4 is 11.9 Å².